The lowest BCUT2D eigenvalue weighted by Crippen LogP contribution is -2.30. The molecule has 1 heteroatoms. The van der Waals surface area contributed by atoms with Gasteiger partial charge in [0, 0.05) is 0 Å². The molecule has 0 fully saturated rings. The summed E-state index contributed by atoms with van der Waals surface area (Å²) in [6, 6.07) is 0. The third-order valence-corrected chi connectivity index (χ3v) is 2.73. The van der Waals surface area contributed by atoms with Gasteiger partial charge in [0.1, 0.15) is 0 Å². The summed E-state index contributed by atoms with van der Waals surface area (Å²) in [5, 5.41) is 10.2. The van der Waals surface area contributed by atoms with Crippen molar-refractivity contribution in [2.75, 3.05) is 0 Å². The molecule has 0 saturated carbocycles. The molecule has 1 unspecified atom stereocenters. The van der Waals surface area contributed by atoms with Crippen molar-refractivity contribution in [1.82, 2.24) is 0 Å². The largest absolute Gasteiger partial charge is 0.390 e. The lowest BCUT2D eigenvalue weighted by Gasteiger charge is -2.31. The minimum Gasteiger partial charge on any atom is -0.390 e. The van der Waals surface area contributed by atoms with Crippen LogP contribution in [-0.4, -0.2) is 10.7 Å². The number of aliphatic hydroxyl groups is 1. The van der Waals surface area contributed by atoms with Crippen LogP contribution in [0.25, 0.3) is 0 Å². The van der Waals surface area contributed by atoms with Crippen LogP contribution in [-0.2, 0) is 0 Å². The smallest absolute Gasteiger partial charge is 0.0624 e. The van der Waals surface area contributed by atoms with Crippen LogP contribution in [0.3, 0.4) is 0 Å². The van der Waals surface area contributed by atoms with Crippen LogP contribution in [0, 0.1) is 5.41 Å². The second kappa shape index (κ2) is 6.52. The molecule has 0 aromatic heterocycles. The van der Waals surface area contributed by atoms with E-state index < -0.39 is 5.60 Å². The van der Waals surface area contributed by atoms with E-state index in [0.29, 0.717) is 0 Å². The number of rotatable bonds is 7. The summed E-state index contributed by atoms with van der Waals surface area (Å²) in [5.74, 6) is 0. The minimum atomic E-state index is -0.468. The Hall–Kier alpha value is -0.0400. The van der Waals surface area contributed by atoms with Gasteiger partial charge in [-0.2, -0.15) is 0 Å². The molecule has 0 amide bonds. The van der Waals surface area contributed by atoms with E-state index in [1.54, 1.807) is 0 Å². The Kier molecular flexibility index (Phi) is 6.51. The molecule has 1 N–H and O–H groups in total. The zero-order valence-corrected chi connectivity index (χ0v) is 11.4. The Bertz CT molecular complexity index is 153. The van der Waals surface area contributed by atoms with Crippen LogP contribution >= 0.6 is 0 Å². The second-order valence-electron chi connectivity index (χ2n) is 6.40. The van der Waals surface area contributed by atoms with E-state index in [1.165, 1.54) is 32.1 Å². The first kappa shape index (κ1) is 15.0. The van der Waals surface area contributed by atoms with E-state index in [2.05, 4.69) is 27.7 Å². The Labute approximate surface area is 96.3 Å². The molecule has 0 aliphatic heterocycles. The first-order valence-corrected chi connectivity index (χ1v) is 6.49. The molecule has 0 aliphatic rings. The first-order valence-electron chi connectivity index (χ1n) is 6.49. The lowest BCUT2D eigenvalue weighted by molar-refractivity contribution is 0.00920. The van der Waals surface area contributed by atoms with E-state index in [-0.39, 0.29) is 5.41 Å². The molecule has 0 aromatic rings. The van der Waals surface area contributed by atoms with Crippen LogP contribution < -0.4 is 0 Å². The predicted octanol–water partition coefficient (Wildman–Crippen LogP) is 4.53. The van der Waals surface area contributed by atoms with Gasteiger partial charge in [-0.15, -0.1) is 0 Å². The third-order valence-electron chi connectivity index (χ3n) is 2.73. The molecule has 0 rings (SSSR count). The quantitative estimate of drug-likeness (QED) is 0.617. The van der Waals surface area contributed by atoms with Crippen molar-refractivity contribution in [1.29, 1.82) is 0 Å². The summed E-state index contributed by atoms with van der Waals surface area (Å²) in [7, 11) is 0. The van der Waals surface area contributed by atoms with Crippen molar-refractivity contribution in [3.05, 3.63) is 0 Å². The average molecular weight is 214 g/mol. The zero-order valence-electron chi connectivity index (χ0n) is 11.4. The van der Waals surface area contributed by atoms with Gasteiger partial charge in [0.2, 0.25) is 0 Å². The van der Waals surface area contributed by atoms with Crippen LogP contribution in [0.4, 0.5) is 0 Å². The van der Waals surface area contributed by atoms with Crippen LogP contribution in [0.2, 0.25) is 0 Å². The summed E-state index contributed by atoms with van der Waals surface area (Å²) < 4.78 is 0. The van der Waals surface area contributed by atoms with Crippen molar-refractivity contribution < 1.29 is 5.11 Å². The van der Waals surface area contributed by atoms with Gasteiger partial charge in [0.05, 0.1) is 5.60 Å². The Balaban J connectivity index is 3.65. The van der Waals surface area contributed by atoms with Gasteiger partial charge in [-0.1, -0.05) is 59.8 Å². The predicted molar refractivity (Wildman–Crippen MR) is 68.1 cm³/mol. The van der Waals surface area contributed by atoms with E-state index >= 15 is 0 Å². The average Bonchev–Trinajstić information content (AvgIpc) is 1.99. The van der Waals surface area contributed by atoms with Gasteiger partial charge in [-0.05, 0) is 25.2 Å². The summed E-state index contributed by atoms with van der Waals surface area (Å²) in [6.07, 6.45) is 8.24. The number of hydrogen-bond donors (Lipinski definition) is 1. The SMILES string of the molecule is CCCCCCCC(C)(O)CC(C)(C)C. The molecule has 0 aliphatic carbocycles. The van der Waals surface area contributed by atoms with Crippen molar-refractivity contribution in [3.63, 3.8) is 0 Å². The molecular formula is C14H30O. The normalized spacial score (nSPS) is 16.4. The fourth-order valence-corrected chi connectivity index (χ4v) is 2.34. The Morgan fingerprint density at radius 1 is 0.867 bits per heavy atom. The molecule has 0 spiro atoms. The molecule has 92 valence electrons. The van der Waals surface area contributed by atoms with E-state index in [4.69, 9.17) is 0 Å². The van der Waals surface area contributed by atoms with Gasteiger partial charge in [-0.3, -0.25) is 0 Å². The maximum atomic E-state index is 10.2. The van der Waals surface area contributed by atoms with Crippen LogP contribution in [0.5, 0.6) is 0 Å². The molecule has 15 heavy (non-hydrogen) atoms. The molecule has 1 atom stereocenters. The van der Waals surface area contributed by atoms with Gasteiger partial charge in [-0.25, -0.2) is 0 Å². The van der Waals surface area contributed by atoms with Gasteiger partial charge >= 0.3 is 0 Å². The highest BCUT2D eigenvalue weighted by molar-refractivity contribution is 4.79. The molecular weight excluding hydrogens is 184 g/mol. The number of hydrogen-bond acceptors (Lipinski definition) is 1. The zero-order chi connectivity index (χ0) is 11.9. The topological polar surface area (TPSA) is 20.2 Å². The number of unbranched alkanes of at least 4 members (excludes halogenated alkanes) is 4. The second-order valence-corrected chi connectivity index (χ2v) is 6.40. The highest BCUT2D eigenvalue weighted by Gasteiger charge is 2.26. The summed E-state index contributed by atoms with van der Waals surface area (Å²) in [6.45, 7) is 10.8. The molecule has 1 nitrogen and oxygen atoms in total. The van der Waals surface area contributed by atoms with E-state index in [9.17, 15) is 5.11 Å². The maximum Gasteiger partial charge on any atom is 0.0624 e. The summed E-state index contributed by atoms with van der Waals surface area (Å²) in [4.78, 5) is 0. The van der Waals surface area contributed by atoms with Gasteiger partial charge in [0.15, 0.2) is 0 Å². The summed E-state index contributed by atoms with van der Waals surface area (Å²) >= 11 is 0. The van der Waals surface area contributed by atoms with Crippen LogP contribution in [0.15, 0.2) is 0 Å². The first-order chi connectivity index (χ1) is 6.77. The fraction of sp³-hybridized carbons (Fsp3) is 1.00. The van der Waals surface area contributed by atoms with Crippen molar-refractivity contribution in [3.8, 4) is 0 Å². The van der Waals surface area contributed by atoms with Crippen LogP contribution in [0.1, 0.15) is 79.6 Å². The van der Waals surface area contributed by atoms with Gasteiger partial charge in [0.25, 0.3) is 0 Å². The Morgan fingerprint density at radius 3 is 1.87 bits per heavy atom. The van der Waals surface area contributed by atoms with Crippen molar-refractivity contribution in [2.45, 2.75) is 85.2 Å². The van der Waals surface area contributed by atoms with Crippen molar-refractivity contribution >= 4 is 0 Å². The standard InChI is InChI=1S/C14H30O/c1-6-7-8-9-10-11-14(5,15)12-13(2,3)4/h15H,6-12H2,1-5H3. The van der Waals surface area contributed by atoms with Gasteiger partial charge < -0.3 is 5.11 Å². The Morgan fingerprint density at radius 2 is 1.40 bits per heavy atom. The van der Waals surface area contributed by atoms with E-state index in [0.717, 1.165) is 12.8 Å². The molecule has 0 aromatic carbocycles. The molecule has 0 heterocycles. The fourth-order valence-electron chi connectivity index (χ4n) is 2.34. The highest BCUT2D eigenvalue weighted by atomic mass is 16.3. The van der Waals surface area contributed by atoms with E-state index in [1.807, 2.05) is 6.92 Å². The molecule has 0 saturated heterocycles. The lowest BCUT2D eigenvalue weighted by atomic mass is 9.80. The minimum absolute atomic E-state index is 0.229. The molecule has 0 bridgehead atoms. The monoisotopic (exact) mass is 214 g/mol. The van der Waals surface area contributed by atoms with Crippen molar-refractivity contribution in [2.24, 2.45) is 5.41 Å². The highest BCUT2D eigenvalue weighted by Crippen LogP contribution is 2.30. The molecule has 0 radical (unpaired) electrons. The third kappa shape index (κ3) is 10.2. The summed E-state index contributed by atoms with van der Waals surface area (Å²) in [5.41, 5.74) is -0.239. The maximum absolute atomic E-state index is 10.2.